The third-order valence-corrected chi connectivity index (χ3v) is 5.77. The van der Waals surface area contributed by atoms with E-state index in [2.05, 4.69) is 4.99 Å². The van der Waals surface area contributed by atoms with Gasteiger partial charge in [-0.05, 0) is 12.1 Å². The van der Waals surface area contributed by atoms with E-state index in [9.17, 15) is 9.59 Å². The molecule has 1 aromatic rings. The number of rotatable bonds is 3. The van der Waals surface area contributed by atoms with Crippen molar-refractivity contribution in [1.29, 1.82) is 0 Å². The van der Waals surface area contributed by atoms with Crippen molar-refractivity contribution in [2.24, 2.45) is 4.99 Å². The van der Waals surface area contributed by atoms with Gasteiger partial charge in [0.1, 0.15) is 4.38 Å². The Kier molecular flexibility index (Phi) is 5.09. The second-order valence-electron chi connectivity index (χ2n) is 4.94. The second kappa shape index (κ2) is 7.23. The highest BCUT2D eigenvalue weighted by atomic mass is 32.2. The zero-order chi connectivity index (χ0) is 15.4. The molecule has 0 spiro atoms. The van der Waals surface area contributed by atoms with Crippen LogP contribution >= 0.6 is 23.5 Å². The maximum atomic E-state index is 12.2. The van der Waals surface area contributed by atoms with E-state index in [4.69, 9.17) is 4.42 Å². The predicted octanol–water partition coefficient (Wildman–Crippen LogP) is 1.40. The first-order chi connectivity index (χ1) is 10.7. The van der Waals surface area contributed by atoms with Crippen molar-refractivity contribution in [1.82, 2.24) is 9.80 Å². The van der Waals surface area contributed by atoms with Gasteiger partial charge >= 0.3 is 0 Å². The summed E-state index contributed by atoms with van der Waals surface area (Å²) in [5.74, 6) is 1.81. The van der Waals surface area contributed by atoms with E-state index < -0.39 is 0 Å². The van der Waals surface area contributed by atoms with E-state index in [1.807, 2.05) is 4.90 Å². The van der Waals surface area contributed by atoms with E-state index in [1.165, 1.54) is 18.0 Å². The Morgan fingerprint density at radius 3 is 2.68 bits per heavy atom. The fourth-order valence-corrected chi connectivity index (χ4v) is 4.24. The van der Waals surface area contributed by atoms with Gasteiger partial charge in [-0.15, -0.1) is 0 Å². The number of carbonyl (C=O) groups excluding carboxylic acids is 2. The molecule has 2 aliphatic heterocycles. The van der Waals surface area contributed by atoms with Crippen molar-refractivity contribution in [2.75, 3.05) is 44.2 Å². The summed E-state index contributed by atoms with van der Waals surface area (Å²) in [6, 6.07) is 3.37. The molecule has 0 unspecified atom stereocenters. The molecule has 0 aromatic carbocycles. The van der Waals surface area contributed by atoms with Gasteiger partial charge in [-0.3, -0.25) is 14.6 Å². The number of piperazine rings is 1. The summed E-state index contributed by atoms with van der Waals surface area (Å²) in [7, 11) is 0. The van der Waals surface area contributed by atoms with Gasteiger partial charge in [0.05, 0.1) is 18.6 Å². The standard InChI is InChI=1S/C14H17N3O3S2/c18-12(10-22-14-15-3-9-21-14)16-4-6-17(7-5-16)13(19)11-2-1-8-20-11/h1-2,8H,3-7,9-10H2. The lowest BCUT2D eigenvalue weighted by atomic mass is 10.3. The van der Waals surface area contributed by atoms with E-state index in [1.54, 1.807) is 28.8 Å². The zero-order valence-electron chi connectivity index (χ0n) is 12.1. The van der Waals surface area contributed by atoms with Crippen molar-refractivity contribution in [3.63, 3.8) is 0 Å². The number of furan rings is 1. The van der Waals surface area contributed by atoms with Gasteiger partial charge < -0.3 is 14.2 Å². The molecular formula is C14H17N3O3S2. The normalized spacial score (nSPS) is 18.5. The predicted molar refractivity (Wildman–Crippen MR) is 88.4 cm³/mol. The molecule has 0 atom stereocenters. The summed E-state index contributed by atoms with van der Waals surface area (Å²) in [5, 5.41) is 0. The Hall–Kier alpha value is -1.41. The number of aliphatic imine (C=N–C) groups is 1. The number of nitrogens with zero attached hydrogens (tertiary/aromatic N) is 3. The van der Waals surface area contributed by atoms with Gasteiger partial charge in [0.15, 0.2) is 5.76 Å². The molecule has 0 radical (unpaired) electrons. The molecule has 2 amide bonds. The van der Waals surface area contributed by atoms with Crippen molar-refractivity contribution in [3.8, 4) is 0 Å². The molecule has 3 heterocycles. The van der Waals surface area contributed by atoms with Crippen LogP contribution in [0, 0.1) is 0 Å². The molecule has 1 fully saturated rings. The Morgan fingerprint density at radius 2 is 2.05 bits per heavy atom. The summed E-state index contributed by atoms with van der Waals surface area (Å²) in [6.45, 7) is 3.10. The van der Waals surface area contributed by atoms with E-state index in [-0.39, 0.29) is 11.8 Å². The summed E-state index contributed by atoms with van der Waals surface area (Å²) >= 11 is 3.23. The van der Waals surface area contributed by atoms with Crippen LogP contribution in [0.1, 0.15) is 10.6 Å². The van der Waals surface area contributed by atoms with Gasteiger partial charge in [0.25, 0.3) is 5.91 Å². The van der Waals surface area contributed by atoms with E-state index in [0.717, 1.165) is 16.7 Å². The molecule has 0 N–H and O–H groups in total. The van der Waals surface area contributed by atoms with Gasteiger partial charge in [-0.2, -0.15) is 0 Å². The maximum absolute atomic E-state index is 12.2. The zero-order valence-corrected chi connectivity index (χ0v) is 13.7. The van der Waals surface area contributed by atoms with Crippen LogP contribution in [0.15, 0.2) is 27.8 Å². The van der Waals surface area contributed by atoms with Crippen LogP contribution in [0.4, 0.5) is 0 Å². The summed E-state index contributed by atoms with van der Waals surface area (Å²) in [4.78, 5) is 32.2. The van der Waals surface area contributed by atoms with E-state index in [0.29, 0.717) is 37.7 Å². The van der Waals surface area contributed by atoms with Gasteiger partial charge in [0, 0.05) is 31.9 Å². The molecule has 22 heavy (non-hydrogen) atoms. The quantitative estimate of drug-likeness (QED) is 0.833. The minimum atomic E-state index is -0.108. The first-order valence-electron chi connectivity index (χ1n) is 7.14. The van der Waals surface area contributed by atoms with Crippen LogP contribution in [0.5, 0.6) is 0 Å². The number of carbonyl (C=O) groups is 2. The summed E-state index contributed by atoms with van der Waals surface area (Å²) in [6.07, 6.45) is 1.49. The van der Waals surface area contributed by atoms with Gasteiger partial charge in [-0.1, -0.05) is 23.5 Å². The average molecular weight is 339 g/mol. The molecule has 8 heteroatoms. The van der Waals surface area contributed by atoms with Gasteiger partial charge in [-0.25, -0.2) is 0 Å². The van der Waals surface area contributed by atoms with Crippen LogP contribution in [0.3, 0.4) is 0 Å². The largest absolute Gasteiger partial charge is 0.459 e. The van der Waals surface area contributed by atoms with Crippen molar-refractivity contribution >= 4 is 39.7 Å². The molecule has 118 valence electrons. The highest BCUT2D eigenvalue weighted by Crippen LogP contribution is 2.22. The lowest BCUT2D eigenvalue weighted by molar-refractivity contribution is -0.129. The Balaban J connectivity index is 1.44. The SMILES string of the molecule is O=C(CSC1=NCCS1)N1CCN(C(=O)c2ccco2)CC1. The molecule has 3 rings (SSSR count). The smallest absolute Gasteiger partial charge is 0.289 e. The van der Waals surface area contributed by atoms with Crippen molar-refractivity contribution < 1.29 is 14.0 Å². The van der Waals surface area contributed by atoms with Crippen LogP contribution < -0.4 is 0 Å². The number of amides is 2. The first-order valence-corrected chi connectivity index (χ1v) is 9.12. The highest BCUT2D eigenvalue weighted by Gasteiger charge is 2.26. The van der Waals surface area contributed by atoms with Crippen LogP contribution in [0.25, 0.3) is 0 Å². The third-order valence-electron chi connectivity index (χ3n) is 3.53. The Bertz CT molecular complexity index is 566. The Labute approximate surface area is 137 Å². The summed E-state index contributed by atoms with van der Waals surface area (Å²) < 4.78 is 6.14. The fraction of sp³-hybridized carbons (Fsp3) is 0.500. The number of hydrogen-bond acceptors (Lipinski definition) is 6. The lowest BCUT2D eigenvalue weighted by Crippen LogP contribution is -2.51. The molecule has 6 nitrogen and oxygen atoms in total. The van der Waals surface area contributed by atoms with Crippen LogP contribution in [-0.2, 0) is 4.79 Å². The molecule has 1 saturated heterocycles. The third kappa shape index (κ3) is 3.67. The molecule has 0 saturated carbocycles. The second-order valence-corrected chi connectivity index (χ2v) is 7.24. The van der Waals surface area contributed by atoms with Crippen LogP contribution in [-0.4, -0.2) is 70.2 Å². The molecule has 1 aromatic heterocycles. The monoisotopic (exact) mass is 339 g/mol. The highest BCUT2D eigenvalue weighted by molar-refractivity contribution is 8.39. The molecular weight excluding hydrogens is 322 g/mol. The van der Waals surface area contributed by atoms with Crippen LogP contribution in [0.2, 0.25) is 0 Å². The van der Waals surface area contributed by atoms with E-state index >= 15 is 0 Å². The fourth-order valence-electron chi connectivity index (χ4n) is 2.33. The van der Waals surface area contributed by atoms with Crippen molar-refractivity contribution in [3.05, 3.63) is 24.2 Å². The minimum absolute atomic E-state index is 0.108. The topological polar surface area (TPSA) is 66.1 Å². The average Bonchev–Trinajstić information content (AvgIpc) is 3.25. The molecule has 0 bridgehead atoms. The molecule has 2 aliphatic rings. The number of thioether (sulfide) groups is 2. The first kappa shape index (κ1) is 15.5. The lowest BCUT2D eigenvalue weighted by Gasteiger charge is -2.34. The van der Waals surface area contributed by atoms with Gasteiger partial charge in [0.2, 0.25) is 5.91 Å². The van der Waals surface area contributed by atoms with Crippen molar-refractivity contribution in [2.45, 2.75) is 0 Å². The minimum Gasteiger partial charge on any atom is -0.459 e. The molecule has 0 aliphatic carbocycles. The summed E-state index contributed by atoms with van der Waals surface area (Å²) in [5.41, 5.74) is 0. The number of hydrogen-bond donors (Lipinski definition) is 0. The Morgan fingerprint density at radius 1 is 1.27 bits per heavy atom. The maximum Gasteiger partial charge on any atom is 0.289 e.